The lowest BCUT2D eigenvalue weighted by molar-refractivity contribution is 0.121. The van der Waals surface area contributed by atoms with E-state index in [1.165, 1.54) is 5.57 Å². The van der Waals surface area contributed by atoms with Crippen LogP contribution in [-0.4, -0.2) is 11.7 Å². The van der Waals surface area contributed by atoms with Gasteiger partial charge in [-0.25, -0.2) is 0 Å². The van der Waals surface area contributed by atoms with E-state index in [1.807, 2.05) is 0 Å². The molecule has 0 aliphatic heterocycles. The molecule has 0 amide bonds. The summed E-state index contributed by atoms with van der Waals surface area (Å²) in [5.74, 6) is 0.977. The molecule has 1 fully saturated rings. The van der Waals surface area contributed by atoms with Gasteiger partial charge in [-0.1, -0.05) is 32.9 Å². The van der Waals surface area contributed by atoms with Gasteiger partial charge < -0.3 is 5.11 Å². The molecule has 1 N–H and O–H groups in total. The van der Waals surface area contributed by atoms with Crippen LogP contribution >= 0.6 is 0 Å². The Morgan fingerprint density at radius 1 is 1.64 bits per heavy atom. The summed E-state index contributed by atoms with van der Waals surface area (Å²) in [7, 11) is 0. The fourth-order valence-electron chi connectivity index (χ4n) is 1.94. The number of allylic oxidation sites excluding steroid dienone is 1. The zero-order valence-electron chi connectivity index (χ0n) is 7.72. The lowest BCUT2D eigenvalue weighted by atomic mass is 9.76. The molecule has 64 valence electrons. The van der Waals surface area contributed by atoms with E-state index in [1.54, 1.807) is 0 Å². The summed E-state index contributed by atoms with van der Waals surface area (Å²) >= 11 is 0. The maximum absolute atomic E-state index is 9.10. The number of hydrogen-bond acceptors (Lipinski definition) is 1. The van der Waals surface area contributed by atoms with Crippen LogP contribution in [0.2, 0.25) is 0 Å². The predicted molar refractivity (Wildman–Crippen MR) is 47.3 cm³/mol. The van der Waals surface area contributed by atoms with Gasteiger partial charge in [0.2, 0.25) is 0 Å². The van der Waals surface area contributed by atoms with Gasteiger partial charge in [-0.15, -0.1) is 0 Å². The molecule has 1 heteroatoms. The fourth-order valence-corrected chi connectivity index (χ4v) is 1.94. The molecular weight excluding hydrogens is 136 g/mol. The maximum Gasteiger partial charge on any atom is 0.0467 e. The first-order chi connectivity index (χ1) is 5.00. The molecule has 1 saturated carbocycles. The van der Waals surface area contributed by atoms with Gasteiger partial charge in [0.15, 0.2) is 0 Å². The zero-order valence-corrected chi connectivity index (χ0v) is 7.72. The van der Waals surface area contributed by atoms with Crippen molar-refractivity contribution in [1.29, 1.82) is 0 Å². The Labute approximate surface area is 69.1 Å². The van der Waals surface area contributed by atoms with Crippen LogP contribution in [0.25, 0.3) is 0 Å². The highest BCUT2D eigenvalue weighted by atomic mass is 16.3. The van der Waals surface area contributed by atoms with E-state index in [4.69, 9.17) is 5.11 Å². The van der Waals surface area contributed by atoms with Gasteiger partial charge in [0, 0.05) is 6.61 Å². The van der Waals surface area contributed by atoms with Gasteiger partial charge in [-0.2, -0.15) is 0 Å². The SMILES string of the molecule is C=C1C[C@@H](CO)C(C)(C)[C@@H]1C. The predicted octanol–water partition coefficient (Wildman–Crippen LogP) is 2.22. The summed E-state index contributed by atoms with van der Waals surface area (Å²) in [6, 6.07) is 0. The van der Waals surface area contributed by atoms with Crippen molar-refractivity contribution >= 4 is 0 Å². The zero-order chi connectivity index (χ0) is 8.65. The first-order valence-corrected chi connectivity index (χ1v) is 4.28. The summed E-state index contributed by atoms with van der Waals surface area (Å²) in [4.78, 5) is 0. The van der Waals surface area contributed by atoms with Crippen LogP contribution in [0.4, 0.5) is 0 Å². The molecule has 0 aromatic rings. The molecule has 0 spiro atoms. The number of aliphatic hydroxyl groups is 1. The molecule has 1 nitrogen and oxygen atoms in total. The summed E-state index contributed by atoms with van der Waals surface area (Å²) < 4.78 is 0. The van der Waals surface area contributed by atoms with Crippen molar-refractivity contribution in [3.05, 3.63) is 12.2 Å². The summed E-state index contributed by atoms with van der Waals surface area (Å²) in [5.41, 5.74) is 1.54. The van der Waals surface area contributed by atoms with Crippen molar-refractivity contribution in [3.8, 4) is 0 Å². The minimum atomic E-state index is 0.242. The molecular formula is C10H18O. The highest BCUT2D eigenvalue weighted by Crippen LogP contribution is 2.49. The van der Waals surface area contributed by atoms with Crippen molar-refractivity contribution < 1.29 is 5.11 Å². The van der Waals surface area contributed by atoms with Crippen LogP contribution in [0.3, 0.4) is 0 Å². The largest absolute Gasteiger partial charge is 0.396 e. The molecule has 0 saturated heterocycles. The van der Waals surface area contributed by atoms with Crippen molar-refractivity contribution in [3.63, 3.8) is 0 Å². The lowest BCUT2D eigenvalue weighted by Crippen LogP contribution is -2.25. The van der Waals surface area contributed by atoms with Gasteiger partial charge >= 0.3 is 0 Å². The molecule has 1 aliphatic carbocycles. The molecule has 0 bridgehead atoms. The Hall–Kier alpha value is -0.300. The highest BCUT2D eigenvalue weighted by Gasteiger charge is 2.41. The van der Waals surface area contributed by atoms with Gasteiger partial charge in [0.25, 0.3) is 0 Å². The molecule has 0 heterocycles. The number of aliphatic hydroxyl groups excluding tert-OH is 1. The first kappa shape index (κ1) is 8.79. The normalized spacial score (nSPS) is 36.2. The first-order valence-electron chi connectivity index (χ1n) is 4.28. The summed E-state index contributed by atoms with van der Waals surface area (Å²) in [6.45, 7) is 11.0. The number of hydrogen-bond donors (Lipinski definition) is 1. The number of rotatable bonds is 1. The molecule has 0 radical (unpaired) electrons. The second-order valence-electron chi connectivity index (χ2n) is 4.28. The molecule has 11 heavy (non-hydrogen) atoms. The van der Waals surface area contributed by atoms with Gasteiger partial charge in [0.1, 0.15) is 0 Å². The monoisotopic (exact) mass is 154 g/mol. The average Bonchev–Trinajstić information content (AvgIpc) is 2.13. The molecule has 1 aliphatic rings. The van der Waals surface area contributed by atoms with Crippen molar-refractivity contribution in [2.45, 2.75) is 27.2 Å². The van der Waals surface area contributed by atoms with E-state index in [-0.39, 0.29) is 5.41 Å². The van der Waals surface area contributed by atoms with E-state index < -0.39 is 0 Å². The Morgan fingerprint density at radius 2 is 2.18 bits per heavy atom. The van der Waals surface area contributed by atoms with Crippen molar-refractivity contribution in [2.24, 2.45) is 17.3 Å². The van der Waals surface area contributed by atoms with Crippen LogP contribution < -0.4 is 0 Å². The Morgan fingerprint density at radius 3 is 2.36 bits per heavy atom. The second kappa shape index (κ2) is 2.63. The topological polar surface area (TPSA) is 20.2 Å². The Balaban J connectivity index is 2.82. The molecule has 0 aromatic carbocycles. The summed E-state index contributed by atoms with van der Waals surface area (Å²) in [5, 5.41) is 9.10. The van der Waals surface area contributed by atoms with Crippen molar-refractivity contribution in [2.75, 3.05) is 6.61 Å². The van der Waals surface area contributed by atoms with Gasteiger partial charge in [-0.3, -0.25) is 0 Å². The van der Waals surface area contributed by atoms with Crippen molar-refractivity contribution in [1.82, 2.24) is 0 Å². The third-order valence-corrected chi connectivity index (χ3v) is 3.51. The van der Waals surface area contributed by atoms with E-state index in [0.717, 1.165) is 6.42 Å². The maximum atomic E-state index is 9.10. The minimum absolute atomic E-state index is 0.242. The Kier molecular flexibility index (Phi) is 2.10. The lowest BCUT2D eigenvalue weighted by Gasteiger charge is -2.29. The molecule has 0 unspecified atom stereocenters. The fraction of sp³-hybridized carbons (Fsp3) is 0.800. The third kappa shape index (κ3) is 1.22. The molecule has 0 aromatic heterocycles. The van der Waals surface area contributed by atoms with Gasteiger partial charge in [0.05, 0.1) is 0 Å². The Bertz CT molecular complexity index is 170. The second-order valence-corrected chi connectivity index (χ2v) is 4.28. The smallest absolute Gasteiger partial charge is 0.0467 e. The molecule has 1 rings (SSSR count). The van der Waals surface area contributed by atoms with E-state index in [9.17, 15) is 0 Å². The van der Waals surface area contributed by atoms with E-state index in [2.05, 4.69) is 27.4 Å². The van der Waals surface area contributed by atoms with Crippen LogP contribution in [0.5, 0.6) is 0 Å². The average molecular weight is 154 g/mol. The van der Waals surface area contributed by atoms with Gasteiger partial charge in [-0.05, 0) is 23.7 Å². The summed E-state index contributed by atoms with van der Waals surface area (Å²) in [6.07, 6.45) is 1.00. The third-order valence-electron chi connectivity index (χ3n) is 3.51. The van der Waals surface area contributed by atoms with E-state index >= 15 is 0 Å². The standard InChI is InChI=1S/C10H18O/c1-7-5-9(6-11)10(3,4)8(7)2/h8-9,11H,1,5-6H2,2-4H3/t8-,9+/m1/s1. The van der Waals surface area contributed by atoms with Crippen LogP contribution in [-0.2, 0) is 0 Å². The molecule has 2 atom stereocenters. The quantitative estimate of drug-likeness (QED) is 0.574. The minimum Gasteiger partial charge on any atom is -0.396 e. The van der Waals surface area contributed by atoms with Crippen LogP contribution in [0, 0.1) is 17.3 Å². The van der Waals surface area contributed by atoms with Crippen LogP contribution in [0.1, 0.15) is 27.2 Å². The highest BCUT2D eigenvalue weighted by molar-refractivity contribution is 5.14. The van der Waals surface area contributed by atoms with Crippen LogP contribution in [0.15, 0.2) is 12.2 Å². The van der Waals surface area contributed by atoms with E-state index in [0.29, 0.717) is 18.4 Å².